The number of carbonyl (C=O) groups is 1. The molecule has 2 heteroatoms. The van der Waals surface area contributed by atoms with Gasteiger partial charge in [-0.25, -0.2) is 0 Å². The van der Waals surface area contributed by atoms with Gasteiger partial charge in [0.15, 0.2) is 12.4 Å². The third-order valence-corrected chi connectivity index (χ3v) is 2.94. The van der Waals surface area contributed by atoms with Crippen molar-refractivity contribution in [2.75, 3.05) is 6.61 Å². The summed E-state index contributed by atoms with van der Waals surface area (Å²) in [6, 6.07) is 15.0. The van der Waals surface area contributed by atoms with Crippen molar-refractivity contribution in [3.63, 3.8) is 0 Å². The number of hydrogen-bond donors (Lipinski definition) is 0. The first kappa shape index (κ1) is 12.4. The number of benzene rings is 2. The molecule has 2 nitrogen and oxygen atoms in total. The Labute approximate surface area is 107 Å². The molecule has 0 N–H and O–H groups in total. The third-order valence-electron chi connectivity index (χ3n) is 2.94. The molecule has 0 saturated heterocycles. The fourth-order valence-electron chi connectivity index (χ4n) is 1.66. The summed E-state index contributed by atoms with van der Waals surface area (Å²) in [6.07, 6.45) is 0. The van der Waals surface area contributed by atoms with Crippen molar-refractivity contribution in [1.82, 2.24) is 0 Å². The van der Waals surface area contributed by atoms with E-state index in [1.165, 1.54) is 11.1 Å². The van der Waals surface area contributed by atoms with E-state index >= 15 is 0 Å². The summed E-state index contributed by atoms with van der Waals surface area (Å²) in [5, 5.41) is 0. The van der Waals surface area contributed by atoms with Crippen LogP contribution in [0.5, 0.6) is 5.75 Å². The van der Waals surface area contributed by atoms with Crippen LogP contribution in [0.3, 0.4) is 0 Å². The second kappa shape index (κ2) is 5.50. The van der Waals surface area contributed by atoms with Gasteiger partial charge in [0.05, 0.1) is 0 Å². The SMILES string of the molecule is Cc1ccc(OCC(=O)c2ccccc2)cc1C. The van der Waals surface area contributed by atoms with Gasteiger partial charge in [-0.1, -0.05) is 36.4 Å². The monoisotopic (exact) mass is 240 g/mol. The molecular formula is C16H16O2. The lowest BCUT2D eigenvalue weighted by atomic mass is 10.1. The Morgan fingerprint density at radius 2 is 1.72 bits per heavy atom. The first-order chi connectivity index (χ1) is 8.66. The number of rotatable bonds is 4. The summed E-state index contributed by atoms with van der Waals surface area (Å²) in [7, 11) is 0. The molecule has 0 aromatic heterocycles. The summed E-state index contributed by atoms with van der Waals surface area (Å²) in [5.74, 6) is 0.733. The molecule has 2 rings (SSSR count). The number of aryl methyl sites for hydroxylation is 2. The second-order valence-electron chi connectivity index (χ2n) is 4.32. The number of hydrogen-bond acceptors (Lipinski definition) is 2. The van der Waals surface area contributed by atoms with Crippen molar-refractivity contribution in [3.8, 4) is 5.75 Å². The van der Waals surface area contributed by atoms with E-state index in [1.54, 1.807) is 12.1 Å². The maximum absolute atomic E-state index is 11.8. The summed E-state index contributed by atoms with van der Waals surface area (Å²) < 4.78 is 5.51. The van der Waals surface area contributed by atoms with Crippen LogP contribution < -0.4 is 4.74 Å². The van der Waals surface area contributed by atoms with Crippen LogP contribution in [0.25, 0.3) is 0 Å². The normalized spacial score (nSPS) is 10.1. The van der Waals surface area contributed by atoms with Gasteiger partial charge in [0.1, 0.15) is 5.75 Å². The highest BCUT2D eigenvalue weighted by Gasteiger charge is 2.06. The van der Waals surface area contributed by atoms with E-state index < -0.39 is 0 Å². The second-order valence-corrected chi connectivity index (χ2v) is 4.32. The number of Topliss-reactive ketones (excluding diaryl/α,β-unsaturated/α-hetero) is 1. The molecule has 0 aliphatic heterocycles. The quantitative estimate of drug-likeness (QED) is 0.764. The Bertz CT molecular complexity index is 544. The van der Waals surface area contributed by atoms with Gasteiger partial charge in [0.25, 0.3) is 0 Å². The molecule has 0 aliphatic carbocycles. The zero-order chi connectivity index (χ0) is 13.0. The first-order valence-corrected chi connectivity index (χ1v) is 5.95. The van der Waals surface area contributed by atoms with Gasteiger partial charge in [-0.3, -0.25) is 4.79 Å². The van der Waals surface area contributed by atoms with Crippen molar-refractivity contribution in [2.45, 2.75) is 13.8 Å². The van der Waals surface area contributed by atoms with Crippen molar-refractivity contribution >= 4 is 5.78 Å². The highest BCUT2D eigenvalue weighted by atomic mass is 16.5. The molecule has 0 amide bonds. The molecule has 0 unspecified atom stereocenters. The zero-order valence-electron chi connectivity index (χ0n) is 10.6. The lowest BCUT2D eigenvalue weighted by Crippen LogP contribution is -2.11. The standard InChI is InChI=1S/C16H16O2/c1-12-8-9-15(10-13(12)2)18-11-16(17)14-6-4-3-5-7-14/h3-10H,11H2,1-2H3. The smallest absolute Gasteiger partial charge is 0.200 e. The topological polar surface area (TPSA) is 26.3 Å². The van der Waals surface area contributed by atoms with Crippen LogP contribution >= 0.6 is 0 Å². The Morgan fingerprint density at radius 3 is 2.39 bits per heavy atom. The molecule has 0 saturated carbocycles. The largest absolute Gasteiger partial charge is 0.485 e. The molecule has 0 heterocycles. The van der Waals surface area contributed by atoms with E-state index in [4.69, 9.17) is 4.74 Å². The van der Waals surface area contributed by atoms with Crippen molar-refractivity contribution in [1.29, 1.82) is 0 Å². The molecule has 18 heavy (non-hydrogen) atoms. The molecule has 0 atom stereocenters. The molecular weight excluding hydrogens is 224 g/mol. The van der Waals surface area contributed by atoms with Crippen LogP contribution in [0.1, 0.15) is 21.5 Å². The molecule has 0 radical (unpaired) electrons. The maximum Gasteiger partial charge on any atom is 0.200 e. The van der Waals surface area contributed by atoms with E-state index in [0.29, 0.717) is 5.56 Å². The Morgan fingerprint density at radius 1 is 1.00 bits per heavy atom. The number of ketones is 1. The summed E-state index contributed by atoms with van der Waals surface area (Å²) in [5.41, 5.74) is 3.07. The Balaban J connectivity index is 1.99. The summed E-state index contributed by atoms with van der Waals surface area (Å²) in [6.45, 7) is 4.15. The molecule has 0 bridgehead atoms. The Hall–Kier alpha value is -2.09. The van der Waals surface area contributed by atoms with E-state index in [2.05, 4.69) is 0 Å². The fourth-order valence-corrected chi connectivity index (χ4v) is 1.66. The molecule has 0 aliphatic rings. The van der Waals surface area contributed by atoms with Crippen LogP contribution in [0.15, 0.2) is 48.5 Å². The van der Waals surface area contributed by atoms with Gasteiger partial charge in [-0.15, -0.1) is 0 Å². The van der Waals surface area contributed by atoms with Crippen molar-refractivity contribution in [3.05, 3.63) is 65.2 Å². The van der Waals surface area contributed by atoms with Crippen LogP contribution in [0.2, 0.25) is 0 Å². The van der Waals surface area contributed by atoms with Gasteiger partial charge >= 0.3 is 0 Å². The maximum atomic E-state index is 11.8. The Kier molecular flexibility index (Phi) is 3.78. The lowest BCUT2D eigenvalue weighted by Gasteiger charge is -2.07. The van der Waals surface area contributed by atoms with E-state index in [-0.39, 0.29) is 12.4 Å². The minimum Gasteiger partial charge on any atom is -0.485 e. The molecule has 2 aromatic carbocycles. The molecule has 0 spiro atoms. The minimum atomic E-state index is -0.00571. The molecule has 0 fully saturated rings. The van der Waals surface area contributed by atoms with Gasteiger partial charge in [-0.05, 0) is 37.1 Å². The highest BCUT2D eigenvalue weighted by Crippen LogP contribution is 2.16. The van der Waals surface area contributed by atoms with E-state index in [9.17, 15) is 4.79 Å². The summed E-state index contributed by atoms with van der Waals surface area (Å²) >= 11 is 0. The van der Waals surface area contributed by atoms with E-state index in [0.717, 1.165) is 5.75 Å². The van der Waals surface area contributed by atoms with Crippen LogP contribution in [-0.4, -0.2) is 12.4 Å². The van der Waals surface area contributed by atoms with Gasteiger partial charge < -0.3 is 4.74 Å². The first-order valence-electron chi connectivity index (χ1n) is 5.95. The predicted molar refractivity (Wildman–Crippen MR) is 72.2 cm³/mol. The number of carbonyl (C=O) groups excluding carboxylic acids is 1. The van der Waals surface area contributed by atoms with Crippen molar-refractivity contribution < 1.29 is 9.53 Å². The molecule has 2 aromatic rings. The predicted octanol–water partition coefficient (Wildman–Crippen LogP) is 3.57. The average molecular weight is 240 g/mol. The fraction of sp³-hybridized carbons (Fsp3) is 0.188. The van der Waals surface area contributed by atoms with Gasteiger partial charge in [-0.2, -0.15) is 0 Å². The molecule has 92 valence electrons. The summed E-state index contributed by atoms with van der Waals surface area (Å²) in [4.78, 5) is 11.8. The average Bonchev–Trinajstić information content (AvgIpc) is 2.41. The third kappa shape index (κ3) is 2.98. The van der Waals surface area contributed by atoms with Gasteiger partial charge in [0.2, 0.25) is 0 Å². The highest BCUT2D eigenvalue weighted by molar-refractivity contribution is 5.97. The lowest BCUT2D eigenvalue weighted by molar-refractivity contribution is 0.0921. The van der Waals surface area contributed by atoms with E-state index in [1.807, 2.05) is 50.2 Å². The van der Waals surface area contributed by atoms with Gasteiger partial charge in [0, 0.05) is 5.56 Å². The van der Waals surface area contributed by atoms with Crippen LogP contribution in [-0.2, 0) is 0 Å². The minimum absolute atomic E-state index is 0.00571. The zero-order valence-corrected chi connectivity index (χ0v) is 10.6. The number of ether oxygens (including phenoxy) is 1. The van der Waals surface area contributed by atoms with Crippen molar-refractivity contribution in [2.24, 2.45) is 0 Å². The van der Waals surface area contributed by atoms with Crippen LogP contribution in [0.4, 0.5) is 0 Å². The van der Waals surface area contributed by atoms with Crippen LogP contribution in [0, 0.1) is 13.8 Å².